The van der Waals surface area contributed by atoms with Crippen LogP contribution in [0.1, 0.15) is 29.2 Å². The second kappa shape index (κ2) is 8.11. The van der Waals surface area contributed by atoms with Crippen molar-refractivity contribution in [2.45, 2.75) is 19.4 Å². The molecular formula is C15H25N3O5S. The summed E-state index contributed by atoms with van der Waals surface area (Å²) in [6.07, 6.45) is 1.78. The summed E-state index contributed by atoms with van der Waals surface area (Å²) in [6, 6.07) is 3.14. The maximum atomic E-state index is 12.4. The first-order valence-electron chi connectivity index (χ1n) is 7.87. The van der Waals surface area contributed by atoms with Gasteiger partial charge in [0.25, 0.3) is 16.1 Å². The molecule has 1 aliphatic heterocycles. The number of hydrogen-bond acceptors (Lipinski definition) is 5. The zero-order chi connectivity index (χ0) is 17.7. The molecule has 1 N–H and O–H groups in total. The molecule has 0 bridgehead atoms. The van der Waals surface area contributed by atoms with E-state index in [1.165, 1.54) is 9.21 Å². The average molecular weight is 359 g/mol. The summed E-state index contributed by atoms with van der Waals surface area (Å²) >= 11 is 0. The number of nitrogens with one attached hydrogen (secondary N) is 1. The predicted octanol–water partition coefficient (Wildman–Crippen LogP) is 0.674. The van der Waals surface area contributed by atoms with E-state index in [0.29, 0.717) is 25.5 Å². The molecule has 1 atom stereocenters. The summed E-state index contributed by atoms with van der Waals surface area (Å²) in [5.41, 5.74) is 0. The van der Waals surface area contributed by atoms with Gasteiger partial charge in [-0.05, 0) is 30.9 Å². The largest absolute Gasteiger partial charge is 0.455 e. The number of piperidine rings is 1. The number of furan rings is 1. The van der Waals surface area contributed by atoms with Crippen molar-refractivity contribution in [3.63, 3.8) is 0 Å². The van der Waals surface area contributed by atoms with Crippen molar-refractivity contribution >= 4 is 16.1 Å². The maximum Gasteiger partial charge on any atom is 0.289 e. The summed E-state index contributed by atoms with van der Waals surface area (Å²) in [7, 11) is 1.28. The van der Waals surface area contributed by atoms with Crippen LogP contribution < -0.4 is 4.72 Å². The fourth-order valence-electron chi connectivity index (χ4n) is 2.68. The lowest BCUT2D eigenvalue weighted by Crippen LogP contribution is -2.46. The molecule has 1 amide bonds. The maximum absolute atomic E-state index is 12.4. The van der Waals surface area contributed by atoms with E-state index in [2.05, 4.69) is 4.72 Å². The fraction of sp³-hybridized carbons (Fsp3) is 0.667. The molecule has 8 nitrogen and oxygen atoms in total. The Morgan fingerprint density at radius 1 is 1.46 bits per heavy atom. The zero-order valence-corrected chi connectivity index (χ0v) is 15.1. The van der Waals surface area contributed by atoms with Crippen LogP contribution in [0, 0.1) is 5.92 Å². The van der Waals surface area contributed by atoms with Gasteiger partial charge in [-0.25, -0.2) is 0 Å². The van der Waals surface area contributed by atoms with Gasteiger partial charge in [-0.3, -0.25) is 4.79 Å². The van der Waals surface area contributed by atoms with Gasteiger partial charge in [0.05, 0.1) is 13.2 Å². The van der Waals surface area contributed by atoms with Crippen LogP contribution >= 0.6 is 0 Å². The third kappa shape index (κ3) is 4.79. The van der Waals surface area contributed by atoms with E-state index in [-0.39, 0.29) is 24.1 Å². The molecule has 1 aromatic rings. The molecule has 1 saturated heterocycles. The number of nitrogens with zero attached hydrogens (tertiary/aromatic N) is 2. The van der Waals surface area contributed by atoms with Crippen molar-refractivity contribution < 1.29 is 22.4 Å². The number of hydrogen-bond donors (Lipinski definition) is 1. The van der Waals surface area contributed by atoms with Crippen molar-refractivity contribution in [3.8, 4) is 0 Å². The van der Waals surface area contributed by atoms with E-state index in [9.17, 15) is 13.2 Å². The van der Waals surface area contributed by atoms with Crippen molar-refractivity contribution in [3.05, 3.63) is 23.7 Å². The topological polar surface area (TPSA) is 92.1 Å². The molecule has 0 spiro atoms. The Balaban J connectivity index is 1.94. The zero-order valence-electron chi connectivity index (χ0n) is 14.3. The third-order valence-corrected chi connectivity index (χ3v) is 5.45. The van der Waals surface area contributed by atoms with Gasteiger partial charge >= 0.3 is 0 Å². The van der Waals surface area contributed by atoms with Gasteiger partial charge in [0.15, 0.2) is 5.76 Å². The highest BCUT2D eigenvalue weighted by molar-refractivity contribution is 7.87. The molecule has 136 valence electrons. The van der Waals surface area contributed by atoms with Gasteiger partial charge in [-0.2, -0.15) is 17.4 Å². The molecule has 1 fully saturated rings. The van der Waals surface area contributed by atoms with Gasteiger partial charge in [0, 0.05) is 34.3 Å². The standard InChI is InChI=1S/C15H25N3O5S/c1-17(2)15(19)14-7-6-13(23-14)9-16-24(20,21)18-8-4-5-12(10-18)11-22-3/h6-7,12,16H,4-5,8-11H2,1-3H3. The minimum absolute atomic E-state index is 0.00842. The van der Waals surface area contributed by atoms with Crippen molar-refractivity contribution in [2.24, 2.45) is 5.92 Å². The Hall–Kier alpha value is -1.42. The Morgan fingerprint density at radius 2 is 2.21 bits per heavy atom. The lowest BCUT2D eigenvalue weighted by Gasteiger charge is -2.31. The normalized spacial score (nSPS) is 19.4. The first-order chi connectivity index (χ1) is 11.3. The summed E-state index contributed by atoms with van der Waals surface area (Å²) in [5.74, 6) is 0.539. The fourth-order valence-corrected chi connectivity index (χ4v) is 3.96. The molecule has 0 aromatic carbocycles. The third-order valence-electron chi connectivity index (χ3n) is 3.93. The number of amides is 1. The minimum Gasteiger partial charge on any atom is -0.455 e. The highest BCUT2D eigenvalue weighted by Gasteiger charge is 2.28. The van der Waals surface area contributed by atoms with Crippen molar-refractivity contribution in [2.75, 3.05) is 40.9 Å². The number of methoxy groups -OCH3 is 1. The highest BCUT2D eigenvalue weighted by Crippen LogP contribution is 2.19. The highest BCUT2D eigenvalue weighted by atomic mass is 32.2. The molecule has 1 unspecified atom stereocenters. The molecule has 1 aliphatic rings. The Morgan fingerprint density at radius 3 is 2.88 bits per heavy atom. The average Bonchev–Trinajstić information content (AvgIpc) is 3.02. The quantitative estimate of drug-likeness (QED) is 0.773. The van der Waals surface area contributed by atoms with Crippen molar-refractivity contribution in [1.29, 1.82) is 0 Å². The lowest BCUT2D eigenvalue weighted by molar-refractivity contribution is 0.0795. The number of ether oxygens (including phenoxy) is 1. The van der Waals surface area contributed by atoms with E-state index >= 15 is 0 Å². The first kappa shape index (κ1) is 18.9. The monoisotopic (exact) mass is 359 g/mol. The van der Waals surface area contributed by atoms with Crippen LogP contribution in [0.15, 0.2) is 16.5 Å². The molecule has 0 radical (unpaired) electrons. The second-order valence-corrected chi connectivity index (χ2v) is 7.87. The summed E-state index contributed by atoms with van der Waals surface area (Å²) in [5, 5.41) is 0. The second-order valence-electron chi connectivity index (χ2n) is 6.11. The summed E-state index contributed by atoms with van der Waals surface area (Å²) in [4.78, 5) is 13.2. The summed E-state index contributed by atoms with van der Waals surface area (Å²) in [6.45, 7) is 1.51. The van der Waals surface area contributed by atoms with E-state index in [0.717, 1.165) is 12.8 Å². The number of rotatable bonds is 7. The first-order valence-corrected chi connectivity index (χ1v) is 9.31. The van der Waals surface area contributed by atoms with E-state index in [1.54, 1.807) is 33.3 Å². The van der Waals surface area contributed by atoms with Gasteiger partial charge in [-0.15, -0.1) is 0 Å². The molecule has 0 aliphatic carbocycles. The predicted molar refractivity (Wildman–Crippen MR) is 88.7 cm³/mol. The van der Waals surface area contributed by atoms with Crippen LogP contribution in [0.2, 0.25) is 0 Å². The van der Waals surface area contributed by atoms with Crippen LogP contribution in [0.25, 0.3) is 0 Å². The number of carbonyl (C=O) groups is 1. The van der Waals surface area contributed by atoms with E-state index < -0.39 is 10.2 Å². The van der Waals surface area contributed by atoms with Crippen molar-refractivity contribution in [1.82, 2.24) is 13.9 Å². The van der Waals surface area contributed by atoms with Gasteiger partial charge in [0.2, 0.25) is 0 Å². The molecule has 1 aromatic heterocycles. The minimum atomic E-state index is -3.59. The molecule has 2 rings (SSSR count). The van der Waals surface area contributed by atoms with E-state index in [1.807, 2.05) is 0 Å². The van der Waals surface area contributed by atoms with Gasteiger partial charge in [-0.1, -0.05) is 0 Å². The molecular weight excluding hydrogens is 334 g/mol. The Bertz CT molecular complexity index is 654. The molecule has 9 heteroatoms. The Labute approximate surface area is 142 Å². The van der Waals surface area contributed by atoms with Crippen LogP contribution in [0.3, 0.4) is 0 Å². The lowest BCUT2D eigenvalue weighted by atomic mass is 10.0. The Kier molecular flexibility index (Phi) is 6.39. The molecule has 0 saturated carbocycles. The smallest absolute Gasteiger partial charge is 0.289 e. The van der Waals surface area contributed by atoms with Crippen LogP contribution in [0.4, 0.5) is 0 Å². The SMILES string of the molecule is COCC1CCCN(S(=O)(=O)NCc2ccc(C(=O)N(C)C)o2)C1. The van der Waals surface area contributed by atoms with Crippen LogP contribution in [0.5, 0.6) is 0 Å². The van der Waals surface area contributed by atoms with E-state index in [4.69, 9.17) is 9.15 Å². The van der Waals surface area contributed by atoms with Crippen LogP contribution in [-0.4, -0.2) is 64.4 Å². The molecule has 2 heterocycles. The summed E-state index contributed by atoms with van der Waals surface area (Å²) < 4.78 is 39.3. The number of carbonyl (C=O) groups excluding carboxylic acids is 1. The van der Waals surface area contributed by atoms with Gasteiger partial charge in [0.1, 0.15) is 5.76 Å². The van der Waals surface area contributed by atoms with Gasteiger partial charge < -0.3 is 14.1 Å². The van der Waals surface area contributed by atoms with Crippen LogP contribution in [-0.2, 0) is 21.5 Å². The molecule has 24 heavy (non-hydrogen) atoms.